The van der Waals surface area contributed by atoms with Crippen molar-refractivity contribution in [3.63, 3.8) is 0 Å². The lowest BCUT2D eigenvalue weighted by molar-refractivity contribution is -0.136. The second kappa shape index (κ2) is 6.43. The number of benzene rings is 1. The maximum Gasteiger partial charge on any atom is 0.247 e. The van der Waals surface area contributed by atoms with Crippen molar-refractivity contribution in [3.05, 3.63) is 28.8 Å². The molecule has 0 aromatic heterocycles. The van der Waals surface area contributed by atoms with Gasteiger partial charge in [0.1, 0.15) is 11.9 Å². The minimum absolute atomic E-state index is 0.129. The van der Waals surface area contributed by atoms with E-state index >= 15 is 0 Å². The van der Waals surface area contributed by atoms with Gasteiger partial charge in [0, 0.05) is 19.1 Å². The van der Waals surface area contributed by atoms with E-state index in [1.54, 1.807) is 7.11 Å². The second-order valence-electron chi connectivity index (χ2n) is 4.83. The molecule has 0 bridgehead atoms. The van der Waals surface area contributed by atoms with Gasteiger partial charge in [0.25, 0.3) is 0 Å². The number of carbonyl (C=O) groups excluding carboxylic acids is 1. The summed E-state index contributed by atoms with van der Waals surface area (Å²) in [6.07, 6.45) is -0.542. The maximum absolute atomic E-state index is 11.2. The van der Waals surface area contributed by atoms with Crippen LogP contribution in [0.15, 0.2) is 18.2 Å². The van der Waals surface area contributed by atoms with Crippen molar-refractivity contribution in [2.45, 2.75) is 19.1 Å². The highest BCUT2D eigenvalue weighted by atomic mass is 35.5. The molecular formula is C14H19ClN2O3. The van der Waals surface area contributed by atoms with E-state index in [-0.39, 0.29) is 6.04 Å². The normalized spacial score (nSPS) is 21.4. The molecule has 110 valence electrons. The van der Waals surface area contributed by atoms with Crippen LogP contribution in [0, 0.1) is 0 Å². The smallest absolute Gasteiger partial charge is 0.247 e. The van der Waals surface area contributed by atoms with Gasteiger partial charge in [-0.2, -0.15) is 0 Å². The van der Waals surface area contributed by atoms with Crippen LogP contribution in [0.25, 0.3) is 0 Å². The number of carbonyl (C=O) groups is 1. The third-order valence-corrected chi connectivity index (χ3v) is 3.92. The molecular weight excluding hydrogens is 280 g/mol. The van der Waals surface area contributed by atoms with E-state index in [0.29, 0.717) is 23.9 Å². The molecule has 2 rings (SSSR count). The summed E-state index contributed by atoms with van der Waals surface area (Å²) in [5.74, 6) is 0.231. The van der Waals surface area contributed by atoms with Crippen LogP contribution in [-0.4, -0.2) is 43.7 Å². The molecule has 1 aliphatic heterocycles. The highest BCUT2D eigenvalue weighted by Gasteiger charge is 2.28. The Balaban J connectivity index is 2.12. The lowest BCUT2D eigenvalue weighted by atomic mass is 10.1. The maximum atomic E-state index is 11.2. The monoisotopic (exact) mass is 298 g/mol. The highest BCUT2D eigenvalue weighted by molar-refractivity contribution is 6.32. The van der Waals surface area contributed by atoms with E-state index in [1.165, 1.54) is 0 Å². The zero-order valence-corrected chi connectivity index (χ0v) is 12.4. The average molecular weight is 299 g/mol. The first-order valence-corrected chi connectivity index (χ1v) is 6.89. The van der Waals surface area contributed by atoms with Crippen LogP contribution in [0.5, 0.6) is 5.75 Å². The summed E-state index contributed by atoms with van der Waals surface area (Å²) < 4.78 is 10.5. The quantitative estimate of drug-likeness (QED) is 0.917. The molecule has 20 heavy (non-hydrogen) atoms. The molecule has 1 aliphatic rings. The van der Waals surface area contributed by atoms with Gasteiger partial charge < -0.3 is 15.2 Å². The van der Waals surface area contributed by atoms with Crippen molar-refractivity contribution in [1.82, 2.24) is 4.90 Å². The third kappa shape index (κ3) is 3.23. The first kappa shape index (κ1) is 15.1. The van der Waals surface area contributed by atoms with Crippen LogP contribution in [0.2, 0.25) is 5.02 Å². The van der Waals surface area contributed by atoms with Crippen LogP contribution in [0.3, 0.4) is 0 Å². The number of nitrogens with two attached hydrogens (primary N) is 1. The van der Waals surface area contributed by atoms with Crippen molar-refractivity contribution >= 4 is 17.5 Å². The third-order valence-electron chi connectivity index (χ3n) is 3.62. The number of methoxy groups -OCH3 is 1. The Kier molecular flexibility index (Phi) is 4.86. The molecule has 1 aromatic carbocycles. The summed E-state index contributed by atoms with van der Waals surface area (Å²) in [6, 6.07) is 5.84. The molecule has 5 nitrogen and oxygen atoms in total. The molecule has 6 heteroatoms. The number of amides is 1. The number of rotatable bonds is 4. The van der Waals surface area contributed by atoms with Gasteiger partial charge in [0.15, 0.2) is 0 Å². The average Bonchev–Trinajstić information content (AvgIpc) is 2.46. The molecule has 1 aromatic rings. The summed E-state index contributed by atoms with van der Waals surface area (Å²) in [7, 11) is 1.59. The van der Waals surface area contributed by atoms with Crippen molar-refractivity contribution in [1.29, 1.82) is 0 Å². The Morgan fingerprint density at radius 3 is 2.95 bits per heavy atom. The Morgan fingerprint density at radius 2 is 2.35 bits per heavy atom. The van der Waals surface area contributed by atoms with E-state index < -0.39 is 12.0 Å². The summed E-state index contributed by atoms with van der Waals surface area (Å²) in [5.41, 5.74) is 6.37. The minimum Gasteiger partial charge on any atom is -0.495 e. The minimum atomic E-state index is -0.542. The van der Waals surface area contributed by atoms with Crippen LogP contribution < -0.4 is 10.5 Å². The molecule has 1 amide bonds. The van der Waals surface area contributed by atoms with Gasteiger partial charge in [0.05, 0.1) is 18.7 Å². The van der Waals surface area contributed by atoms with Crippen molar-refractivity contribution in [3.8, 4) is 5.75 Å². The molecule has 2 atom stereocenters. The molecule has 0 aliphatic carbocycles. The summed E-state index contributed by atoms with van der Waals surface area (Å²) in [4.78, 5) is 13.4. The van der Waals surface area contributed by atoms with E-state index in [4.69, 9.17) is 26.8 Å². The Hall–Kier alpha value is -1.30. The number of nitrogens with zero attached hydrogens (tertiary/aromatic N) is 1. The molecule has 0 spiro atoms. The molecule has 0 radical (unpaired) electrons. The number of ether oxygens (including phenoxy) is 2. The van der Waals surface area contributed by atoms with E-state index in [0.717, 1.165) is 12.1 Å². The molecule has 0 saturated carbocycles. The number of hydrogen-bond acceptors (Lipinski definition) is 4. The van der Waals surface area contributed by atoms with E-state index in [9.17, 15) is 4.79 Å². The highest BCUT2D eigenvalue weighted by Crippen LogP contribution is 2.30. The zero-order valence-electron chi connectivity index (χ0n) is 11.6. The molecule has 2 unspecified atom stereocenters. The van der Waals surface area contributed by atoms with E-state index in [2.05, 4.69) is 11.8 Å². The van der Waals surface area contributed by atoms with Gasteiger partial charge in [-0.3, -0.25) is 9.69 Å². The van der Waals surface area contributed by atoms with Gasteiger partial charge in [-0.05, 0) is 24.6 Å². The fraction of sp³-hybridized carbons (Fsp3) is 0.500. The lowest BCUT2D eigenvalue weighted by Gasteiger charge is -2.35. The SMILES string of the molecule is COc1ccc(C(C)N2CCOC(C(N)=O)C2)cc1Cl. The second-order valence-corrected chi connectivity index (χ2v) is 5.23. The summed E-state index contributed by atoms with van der Waals surface area (Å²) in [6.45, 7) is 3.83. The Bertz CT molecular complexity index is 495. The summed E-state index contributed by atoms with van der Waals surface area (Å²) >= 11 is 6.15. The first-order valence-electron chi connectivity index (χ1n) is 6.51. The largest absolute Gasteiger partial charge is 0.495 e. The lowest BCUT2D eigenvalue weighted by Crippen LogP contribution is -2.49. The number of morpholine rings is 1. The van der Waals surface area contributed by atoms with Gasteiger partial charge in [-0.1, -0.05) is 17.7 Å². The number of hydrogen-bond donors (Lipinski definition) is 1. The van der Waals surface area contributed by atoms with Gasteiger partial charge in [-0.15, -0.1) is 0 Å². The van der Waals surface area contributed by atoms with Crippen molar-refractivity contribution < 1.29 is 14.3 Å². The molecule has 1 fully saturated rings. The van der Waals surface area contributed by atoms with Gasteiger partial charge >= 0.3 is 0 Å². The Labute approximate surface area is 123 Å². The predicted molar refractivity (Wildman–Crippen MR) is 76.9 cm³/mol. The van der Waals surface area contributed by atoms with Crippen LogP contribution in [0.4, 0.5) is 0 Å². The predicted octanol–water partition coefficient (Wildman–Crippen LogP) is 1.60. The van der Waals surface area contributed by atoms with Gasteiger partial charge in [-0.25, -0.2) is 0 Å². The van der Waals surface area contributed by atoms with Crippen molar-refractivity contribution in [2.75, 3.05) is 26.8 Å². The number of halogens is 1. The topological polar surface area (TPSA) is 64.8 Å². The van der Waals surface area contributed by atoms with Crippen LogP contribution in [-0.2, 0) is 9.53 Å². The molecule has 2 N–H and O–H groups in total. The molecule has 1 heterocycles. The molecule has 1 saturated heterocycles. The van der Waals surface area contributed by atoms with Crippen molar-refractivity contribution in [2.24, 2.45) is 5.73 Å². The Morgan fingerprint density at radius 1 is 1.60 bits per heavy atom. The van der Waals surface area contributed by atoms with E-state index in [1.807, 2.05) is 18.2 Å². The van der Waals surface area contributed by atoms with Crippen LogP contribution in [0.1, 0.15) is 18.5 Å². The standard InChI is InChI=1S/C14H19ClN2O3/c1-9(10-3-4-12(19-2)11(15)7-10)17-5-6-20-13(8-17)14(16)18/h3-4,7,9,13H,5-6,8H2,1-2H3,(H2,16,18). The fourth-order valence-corrected chi connectivity index (χ4v) is 2.61. The fourth-order valence-electron chi connectivity index (χ4n) is 2.35. The number of primary amides is 1. The van der Waals surface area contributed by atoms with Gasteiger partial charge in [0.2, 0.25) is 5.91 Å². The first-order chi connectivity index (χ1) is 9.52. The zero-order chi connectivity index (χ0) is 14.7. The van der Waals surface area contributed by atoms with Crippen LogP contribution >= 0.6 is 11.6 Å². The summed E-state index contributed by atoms with van der Waals surface area (Å²) in [5, 5.41) is 0.580.